The second kappa shape index (κ2) is 5.16. The first-order chi connectivity index (χ1) is 10.7. The summed E-state index contributed by atoms with van der Waals surface area (Å²) in [5, 5.41) is 0.683. The minimum absolute atomic E-state index is 0.193. The van der Waals surface area contributed by atoms with Crippen molar-refractivity contribution >= 4 is 32.1 Å². The molecule has 122 valence electrons. The van der Waals surface area contributed by atoms with Gasteiger partial charge in [0.25, 0.3) is 0 Å². The highest BCUT2D eigenvalue weighted by atomic mass is 32.2. The minimum Gasteiger partial charge on any atom is -0.456 e. The van der Waals surface area contributed by atoms with E-state index in [2.05, 4.69) is 4.18 Å². The summed E-state index contributed by atoms with van der Waals surface area (Å²) in [4.78, 5) is 0. The van der Waals surface area contributed by atoms with Gasteiger partial charge in [0, 0.05) is 5.39 Å². The molecule has 0 radical (unpaired) electrons. The van der Waals surface area contributed by atoms with Crippen LogP contribution in [0.3, 0.4) is 0 Å². The van der Waals surface area contributed by atoms with Gasteiger partial charge in [0.05, 0.1) is 5.39 Å². The number of rotatable bonds is 3. The molecule has 0 atom stereocenters. The molecule has 0 unspecified atom stereocenters. The van der Waals surface area contributed by atoms with E-state index >= 15 is 0 Å². The van der Waals surface area contributed by atoms with Gasteiger partial charge in [-0.05, 0) is 30.2 Å². The second-order valence-electron chi connectivity index (χ2n) is 4.90. The first-order valence-corrected chi connectivity index (χ1v) is 8.08. The lowest BCUT2D eigenvalue weighted by molar-refractivity contribution is -0.0499. The monoisotopic (exact) mass is 344 g/mol. The molecule has 0 amide bonds. The predicted molar refractivity (Wildman–Crippen MR) is 78.7 cm³/mol. The molecular formula is C15H11F3O4S. The van der Waals surface area contributed by atoms with Crippen molar-refractivity contribution in [2.24, 2.45) is 0 Å². The van der Waals surface area contributed by atoms with Crippen LogP contribution in [0.2, 0.25) is 0 Å². The van der Waals surface area contributed by atoms with Crippen molar-refractivity contribution in [2.75, 3.05) is 0 Å². The quantitative estimate of drug-likeness (QED) is 0.523. The maximum Gasteiger partial charge on any atom is 0.534 e. The molecule has 1 heterocycles. The lowest BCUT2D eigenvalue weighted by Crippen LogP contribution is -2.28. The molecule has 1 aromatic heterocycles. The molecule has 0 N–H and O–H groups in total. The molecule has 23 heavy (non-hydrogen) atoms. The van der Waals surface area contributed by atoms with Gasteiger partial charge >= 0.3 is 15.6 Å². The van der Waals surface area contributed by atoms with E-state index in [1.54, 1.807) is 18.2 Å². The van der Waals surface area contributed by atoms with E-state index in [1.165, 1.54) is 12.1 Å². The van der Waals surface area contributed by atoms with E-state index in [-0.39, 0.29) is 11.0 Å². The molecule has 0 fully saturated rings. The third-order valence-electron chi connectivity index (χ3n) is 3.41. The Hall–Kier alpha value is -2.22. The molecule has 0 spiro atoms. The van der Waals surface area contributed by atoms with Crippen molar-refractivity contribution in [3.05, 3.63) is 42.0 Å². The van der Waals surface area contributed by atoms with E-state index in [0.717, 1.165) is 18.1 Å². The van der Waals surface area contributed by atoms with E-state index in [9.17, 15) is 21.6 Å². The van der Waals surface area contributed by atoms with E-state index in [1.807, 2.05) is 6.92 Å². The van der Waals surface area contributed by atoms with Crippen LogP contribution in [0.4, 0.5) is 13.2 Å². The Morgan fingerprint density at radius 3 is 2.52 bits per heavy atom. The van der Waals surface area contributed by atoms with Gasteiger partial charge in [0.15, 0.2) is 5.75 Å². The molecule has 0 aliphatic carbocycles. The smallest absolute Gasteiger partial charge is 0.456 e. The fraction of sp³-hybridized carbons (Fsp3) is 0.200. The van der Waals surface area contributed by atoms with Crippen LogP contribution in [0.15, 0.2) is 40.8 Å². The number of alkyl halides is 3. The predicted octanol–water partition coefficient (Wildman–Crippen LogP) is 4.38. The van der Waals surface area contributed by atoms with Crippen LogP contribution in [-0.4, -0.2) is 13.9 Å². The van der Waals surface area contributed by atoms with E-state index in [0.29, 0.717) is 11.0 Å². The zero-order valence-electron chi connectivity index (χ0n) is 11.8. The van der Waals surface area contributed by atoms with Crippen LogP contribution in [0.25, 0.3) is 21.9 Å². The van der Waals surface area contributed by atoms with E-state index in [4.69, 9.17) is 4.42 Å². The van der Waals surface area contributed by atoms with Gasteiger partial charge in [0.2, 0.25) is 0 Å². The number of hydrogen-bond acceptors (Lipinski definition) is 4. The van der Waals surface area contributed by atoms with Gasteiger partial charge < -0.3 is 8.60 Å². The maximum absolute atomic E-state index is 12.5. The number of furan rings is 1. The normalized spacial score (nSPS) is 12.9. The van der Waals surface area contributed by atoms with Crippen molar-refractivity contribution in [3.8, 4) is 5.75 Å². The average molecular weight is 344 g/mol. The molecule has 3 rings (SSSR count). The summed E-state index contributed by atoms with van der Waals surface area (Å²) in [7, 11) is -5.74. The van der Waals surface area contributed by atoms with Gasteiger partial charge in [0.1, 0.15) is 11.2 Å². The van der Waals surface area contributed by atoms with Crippen LogP contribution < -0.4 is 4.18 Å². The van der Waals surface area contributed by atoms with Gasteiger partial charge in [-0.2, -0.15) is 21.6 Å². The summed E-state index contributed by atoms with van der Waals surface area (Å²) in [6.07, 6.45) is 0.763. The molecule has 0 saturated carbocycles. The summed E-state index contributed by atoms with van der Waals surface area (Å²) in [6, 6.07) is 9.30. The number of hydrogen-bond donors (Lipinski definition) is 0. The Labute approximate surface area is 129 Å². The van der Waals surface area contributed by atoms with E-state index < -0.39 is 21.4 Å². The highest BCUT2D eigenvalue weighted by Gasteiger charge is 2.48. The maximum atomic E-state index is 12.5. The van der Waals surface area contributed by atoms with Crippen LogP contribution in [0, 0.1) is 0 Å². The van der Waals surface area contributed by atoms with Crippen molar-refractivity contribution in [3.63, 3.8) is 0 Å². The van der Waals surface area contributed by atoms with Crippen molar-refractivity contribution in [1.29, 1.82) is 0 Å². The fourth-order valence-corrected chi connectivity index (χ4v) is 2.76. The number of benzene rings is 2. The highest BCUT2D eigenvalue weighted by Crippen LogP contribution is 2.38. The number of fused-ring (bicyclic) bond motifs is 3. The third kappa shape index (κ3) is 2.63. The Bertz CT molecular complexity index is 987. The Balaban J connectivity index is 2.22. The van der Waals surface area contributed by atoms with Crippen molar-refractivity contribution in [1.82, 2.24) is 0 Å². The highest BCUT2D eigenvalue weighted by molar-refractivity contribution is 7.88. The SMILES string of the molecule is CCc1ccc2c(c1)oc1cccc(OS(=O)(=O)C(F)(F)F)c12. The molecule has 0 aliphatic heterocycles. The lowest BCUT2D eigenvalue weighted by atomic mass is 10.1. The Morgan fingerprint density at radius 2 is 1.87 bits per heavy atom. The number of halogens is 3. The molecule has 2 aromatic carbocycles. The van der Waals surface area contributed by atoms with Gasteiger partial charge in [-0.1, -0.05) is 25.1 Å². The third-order valence-corrected chi connectivity index (χ3v) is 4.38. The molecule has 0 aliphatic rings. The molecule has 0 saturated heterocycles. The van der Waals surface area contributed by atoms with Crippen molar-refractivity contribution in [2.45, 2.75) is 18.9 Å². The van der Waals surface area contributed by atoms with Crippen LogP contribution in [0.1, 0.15) is 12.5 Å². The molecule has 8 heteroatoms. The molecule has 3 aromatic rings. The van der Waals surface area contributed by atoms with Crippen LogP contribution in [0.5, 0.6) is 5.75 Å². The largest absolute Gasteiger partial charge is 0.534 e. The first kappa shape index (κ1) is 15.7. The summed E-state index contributed by atoms with van der Waals surface area (Å²) in [5.74, 6) is -0.414. The second-order valence-corrected chi connectivity index (χ2v) is 6.44. The fourth-order valence-electron chi connectivity index (χ4n) is 2.29. The van der Waals surface area contributed by atoms with Crippen molar-refractivity contribution < 1.29 is 30.2 Å². The van der Waals surface area contributed by atoms with Gasteiger partial charge in [-0.3, -0.25) is 0 Å². The Morgan fingerprint density at radius 1 is 1.13 bits per heavy atom. The summed E-state index contributed by atoms with van der Waals surface area (Å²) in [5.41, 5.74) is -3.80. The van der Waals surface area contributed by atoms with Gasteiger partial charge in [-0.15, -0.1) is 0 Å². The first-order valence-electron chi connectivity index (χ1n) is 6.68. The molecule has 4 nitrogen and oxygen atoms in total. The zero-order valence-corrected chi connectivity index (χ0v) is 12.7. The molecular weight excluding hydrogens is 333 g/mol. The van der Waals surface area contributed by atoms with Crippen LogP contribution in [-0.2, 0) is 16.5 Å². The average Bonchev–Trinajstić information content (AvgIpc) is 2.83. The Kier molecular flexibility index (Phi) is 3.51. The lowest BCUT2D eigenvalue weighted by Gasteiger charge is -2.10. The standard InChI is InChI=1S/C15H11F3O4S/c1-2-9-6-7-10-13(8-9)21-11-4-3-5-12(14(10)11)22-23(19,20)15(16,17)18/h3-8H,2H2,1H3. The minimum atomic E-state index is -5.74. The summed E-state index contributed by atoms with van der Waals surface area (Å²) in [6.45, 7) is 1.95. The zero-order chi connectivity index (χ0) is 16.8. The number of aryl methyl sites for hydroxylation is 1. The summed E-state index contributed by atoms with van der Waals surface area (Å²) >= 11 is 0. The summed E-state index contributed by atoms with van der Waals surface area (Å²) < 4.78 is 69.9. The van der Waals surface area contributed by atoms with Crippen LogP contribution >= 0.6 is 0 Å². The topological polar surface area (TPSA) is 56.5 Å². The molecule has 0 bridgehead atoms. The van der Waals surface area contributed by atoms with Gasteiger partial charge in [-0.25, -0.2) is 0 Å².